The van der Waals surface area contributed by atoms with Gasteiger partial charge in [0.05, 0.1) is 16.7 Å². The van der Waals surface area contributed by atoms with Crippen LogP contribution in [0.25, 0.3) is 0 Å². The zero-order valence-corrected chi connectivity index (χ0v) is 12.0. The Morgan fingerprint density at radius 2 is 2.00 bits per heavy atom. The van der Waals surface area contributed by atoms with Crippen molar-refractivity contribution in [1.82, 2.24) is 15.0 Å². The summed E-state index contributed by atoms with van der Waals surface area (Å²) in [5.41, 5.74) is 2.01. The SMILES string of the molecule is Cc1ccnc(NC(C)c2csc(C(C)C)n2)n1. The molecule has 0 radical (unpaired) electrons. The van der Waals surface area contributed by atoms with Crippen molar-refractivity contribution in [3.8, 4) is 0 Å². The third kappa shape index (κ3) is 3.04. The van der Waals surface area contributed by atoms with Crippen LogP contribution in [0.2, 0.25) is 0 Å². The van der Waals surface area contributed by atoms with Crippen molar-refractivity contribution in [2.45, 2.75) is 39.7 Å². The third-order valence-corrected chi connectivity index (χ3v) is 3.78. The molecule has 0 spiro atoms. The van der Waals surface area contributed by atoms with Crippen LogP contribution in [0.5, 0.6) is 0 Å². The molecule has 0 aliphatic rings. The van der Waals surface area contributed by atoms with Gasteiger partial charge in [0.25, 0.3) is 0 Å². The first-order chi connectivity index (χ1) is 8.56. The van der Waals surface area contributed by atoms with E-state index in [9.17, 15) is 0 Å². The van der Waals surface area contributed by atoms with Gasteiger partial charge in [0.1, 0.15) is 0 Å². The fourth-order valence-electron chi connectivity index (χ4n) is 1.55. The van der Waals surface area contributed by atoms with Crippen molar-refractivity contribution in [1.29, 1.82) is 0 Å². The summed E-state index contributed by atoms with van der Waals surface area (Å²) in [6, 6.07) is 2.01. The highest BCUT2D eigenvalue weighted by atomic mass is 32.1. The predicted molar refractivity (Wildman–Crippen MR) is 75.0 cm³/mol. The lowest BCUT2D eigenvalue weighted by atomic mass is 10.2. The molecule has 0 saturated heterocycles. The van der Waals surface area contributed by atoms with Crippen molar-refractivity contribution in [3.63, 3.8) is 0 Å². The Labute approximate surface area is 112 Å². The van der Waals surface area contributed by atoms with Crippen molar-refractivity contribution in [3.05, 3.63) is 34.0 Å². The molecule has 2 aromatic heterocycles. The van der Waals surface area contributed by atoms with Crippen LogP contribution in [-0.2, 0) is 0 Å². The van der Waals surface area contributed by atoms with Gasteiger partial charge in [-0.3, -0.25) is 0 Å². The Hall–Kier alpha value is -1.49. The second-order valence-electron chi connectivity index (χ2n) is 4.65. The fraction of sp³-hybridized carbons (Fsp3) is 0.462. The molecule has 0 aliphatic carbocycles. The van der Waals surface area contributed by atoms with E-state index in [4.69, 9.17) is 0 Å². The molecule has 0 amide bonds. The van der Waals surface area contributed by atoms with E-state index in [-0.39, 0.29) is 6.04 Å². The van der Waals surface area contributed by atoms with Crippen LogP contribution in [0, 0.1) is 6.92 Å². The van der Waals surface area contributed by atoms with Crippen LogP contribution in [0.1, 0.15) is 49.1 Å². The summed E-state index contributed by atoms with van der Waals surface area (Å²) in [6.45, 7) is 8.34. The summed E-state index contributed by atoms with van der Waals surface area (Å²) in [4.78, 5) is 13.2. The number of hydrogen-bond donors (Lipinski definition) is 1. The van der Waals surface area contributed by atoms with Crippen molar-refractivity contribution < 1.29 is 0 Å². The zero-order chi connectivity index (χ0) is 13.1. The van der Waals surface area contributed by atoms with Crippen LogP contribution in [0.4, 0.5) is 5.95 Å². The van der Waals surface area contributed by atoms with E-state index in [2.05, 4.69) is 46.4 Å². The first kappa shape index (κ1) is 13.0. The van der Waals surface area contributed by atoms with Crippen LogP contribution in [-0.4, -0.2) is 15.0 Å². The Morgan fingerprint density at radius 3 is 2.61 bits per heavy atom. The normalized spacial score (nSPS) is 12.7. The molecule has 1 N–H and O–H groups in total. The molecular weight excluding hydrogens is 244 g/mol. The standard InChI is InChI=1S/C13H18N4S/c1-8(2)12-17-11(7-18-12)10(4)16-13-14-6-5-9(3)15-13/h5-8,10H,1-4H3,(H,14,15,16). The number of hydrogen-bond acceptors (Lipinski definition) is 5. The fourth-order valence-corrected chi connectivity index (χ4v) is 2.48. The van der Waals surface area contributed by atoms with Crippen LogP contribution in [0.3, 0.4) is 0 Å². The lowest BCUT2D eigenvalue weighted by molar-refractivity contribution is 0.792. The van der Waals surface area contributed by atoms with E-state index in [0.29, 0.717) is 11.9 Å². The van der Waals surface area contributed by atoms with E-state index < -0.39 is 0 Å². The van der Waals surface area contributed by atoms with Gasteiger partial charge in [0.2, 0.25) is 5.95 Å². The van der Waals surface area contributed by atoms with E-state index in [0.717, 1.165) is 11.4 Å². The topological polar surface area (TPSA) is 50.7 Å². The average molecular weight is 262 g/mol. The summed E-state index contributed by atoms with van der Waals surface area (Å²) < 4.78 is 0. The Morgan fingerprint density at radius 1 is 1.22 bits per heavy atom. The van der Waals surface area contributed by atoms with Crippen LogP contribution < -0.4 is 5.32 Å². The van der Waals surface area contributed by atoms with Gasteiger partial charge in [-0.1, -0.05) is 13.8 Å². The largest absolute Gasteiger partial charge is 0.346 e. The molecule has 96 valence electrons. The summed E-state index contributed by atoms with van der Waals surface area (Å²) in [5.74, 6) is 1.13. The Kier molecular flexibility index (Phi) is 3.91. The first-order valence-electron chi connectivity index (χ1n) is 6.07. The van der Waals surface area contributed by atoms with E-state index >= 15 is 0 Å². The van der Waals surface area contributed by atoms with Gasteiger partial charge in [-0.05, 0) is 19.9 Å². The Bertz CT molecular complexity index is 521. The maximum Gasteiger partial charge on any atom is 0.223 e. The van der Waals surface area contributed by atoms with Gasteiger partial charge in [-0.2, -0.15) is 0 Å². The average Bonchev–Trinajstić information content (AvgIpc) is 2.78. The molecule has 0 saturated carbocycles. The number of nitrogens with one attached hydrogen (secondary N) is 1. The number of thiazole rings is 1. The van der Waals surface area contributed by atoms with Gasteiger partial charge in [-0.15, -0.1) is 11.3 Å². The summed E-state index contributed by atoms with van der Waals surface area (Å²) in [7, 11) is 0. The lowest BCUT2D eigenvalue weighted by Crippen LogP contribution is -2.10. The molecule has 1 atom stereocenters. The minimum Gasteiger partial charge on any atom is -0.346 e. The maximum atomic E-state index is 4.63. The summed E-state index contributed by atoms with van der Waals surface area (Å²) in [6.07, 6.45) is 1.76. The summed E-state index contributed by atoms with van der Waals surface area (Å²) in [5, 5.41) is 6.54. The van der Waals surface area contributed by atoms with E-state index in [1.165, 1.54) is 5.01 Å². The predicted octanol–water partition coefficient (Wildman–Crippen LogP) is 3.54. The van der Waals surface area contributed by atoms with Gasteiger partial charge in [-0.25, -0.2) is 15.0 Å². The molecular formula is C13H18N4S. The second kappa shape index (κ2) is 5.44. The molecule has 0 fully saturated rings. The maximum absolute atomic E-state index is 4.63. The highest BCUT2D eigenvalue weighted by Gasteiger charge is 2.12. The minimum atomic E-state index is 0.121. The number of anilines is 1. The minimum absolute atomic E-state index is 0.121. The molecule has 2 rings (SSSR count). The van der Waals surface area contributed by atoms with Crippen molar-refractivity contribution >= 4 is 17.3 Å². The number of aromatic nitrogens is 3. The molecule has 1 unspecified atom stereocenters. The van der Waals surface area contributed by atoms with E-state index in [1.807, 2.05) is 13.0 Å². The third-order valence-electron chi connectivity index (χ3n) is 2.62. The monoisotopic (exact) mass is 262 g/mol. The zero-order valence-electron chi connectivity index (χ0n) is 11.1. The summed E-state index contributed by atoms with van der Waals surface area (Å²) >= 11 is 1.71. The van der Waals surface area contributed by atoms with Crippen LogP contribution in [0.15, 0.2) is 17.6 Å². The molecule has 0 aromatic carbocycles. The van der Waals surface area contributed by atoms with E-state index in [1.54, 1.807) is 17.5 Å². The number of aryl methyl sites for hydroxylation is 1. The lowest BCUT2D eigenvalue weighted by Gasteiger charge is -2.11. The number of rotatable bonds is 4. The highest BCUT2D eigenvalue weighted by molar-refractivity contribution is 7.09. The quantitative estimate of drug-likeness (QED) is 0.915. The highest BCUT2D eigenvalue weighted by Crippen LogP contribution is 2.24. The molecule has 2 aromatic rings. The Balaban J connectivity index is 2.09. The molecule has 5 heteroatoms. The molecule has 2 heterocycles. The molecule has 0 aliphatic heterocycles. The molecule has 18 heavy (non-hydrogen) atoms. The van der Waals surface area contributed by atoms with Crippen molar-refractivity contribution in [2.75, 3.05) is 5.32 Å². The first-order valence-corrected chi connectivity index (χ1v) is 6.95. The van der Waals surface area contributed by atoms with Gasteiger partial charge >= 0.3 is 0 Å². The van der Waals surface area contributed by atoms with Gasteiger partial charge < -0.3 is 5.32 Å². The van der Waals surface area contributed by atoms with Gasteiger partial charge in [0, 0.05) is 23.2 Å². The van der Waals surface area contributed by atoms with Crippen molar-refractivity contribution in [2.24, 2.45) is 0 Å². The van der Waals surface area contributed by atoms with Gasteiger partial charge in [0.15, 0.2) is 0 Å². The molecule has 4 nitrogen and oxygen atoms in total. The van der Waals surface area contributed by atoms with Crippen LogP contribution >= 0.6 is 11.3 Å². The molecule has 0 bridgehead atoms. The smallest absolute Gasteiger partial charge is 0.223 e. The second-order valence-corrected chi connectivity index (χ2v) is 5.54. The number of nitrogens with zero attached hydrogens (tertiary/aromatic N) is 3.